The van der Waals surface area contributed by atoms with Crippen molar-refractivity contribution in [3.63, 3.8) is 0 Å². The minimum atomic E-state index is -0.0660. The molecule has 3 aliphatic rings. The van der Waals surface area contributed by atoms with Gasteiger partial charge >= 0.3 is 0 Å². The predicted octanol–water partition coefficient (Wildman–Crippen LogP) is 5.58. The zero-order valence-electron chi connectivity index (χ0n) is 20.4. The number of benzene rings is 2. The van der Waals surface area contributed by atoms with Crippen molar-refractivity contribution >= 4 is 45.9 Å². The van der Waals surface area contributed by atoms with E-state index < -0.39 is 0 Å². The molecule has 1 N–H and O–H groups in total. The van der Waals surface area contributed by atoms with Crippen LogP contribution in [0.5, 0.6) is 0 Å². The van der Waals surface area contributed by atoms with Crippen LogP contribution in [0.4, 0.5) is 17.1 Å². The molecule has 3 aliphatic heterocycles. The summed E-state index contributed by atoms with van der Waals surface area (Å²) in [4.78, 5) is 11.7. The molecule has 5 rings (SSSR count). The lowest BCUT2D eigenvalue weighted by atomic mass is 9.98. The van der Waals surface area contributed by atoms with Gasteiger partial charge in [-0.05, 0) is 95.1 Å². The highest BCUT2D eigenvalue weighted by Gasteiger charge is 2.25. The molecule has 0 aliphatic carbocycles. The van der Waals surface area contributed by atoms with Gasteiger partial charge in [0.1, 0.15) is 0 Å². The van der Waals surface area contributed by atoms with Crippen LogP contribution in [0.1, 0.15) is 50.7 Å². The van der Waals surface area contributed by atoms with Crippen molar-refractivity contribution in [2.75, 3.05) is 49.3 Å². The summed E-state index contributed by atoms with van der Waals surface area (Å²) in [5.41, 5.74) is 6.53. The highest BCUT2D eigenvalue weighted by molar-refractivity contribution is 14.2. The number of hydrogen-bond donors (Lipinski definition) is 1. The third kappa shape index (κ3) is 4.65. The molecule has 0 aromatic heterocycles. The lowest BCUT2D eigenvalue weighted by Crippen LogP contribution is -2.40. The van der Waals surface area contributed by atoms with Gasteiger partial charge < -0.3 is 19.6 Å². The van der Waals surface area contributed by atoms with Gasteiger partial charge in [0.15, 0.2) is 0 Å². The van der Waals surface area contributed by atoms with Crippen molar-refractivity contribution < 1.29 is 9.84 Å². The van der Waals surface area contributed by atoms with Gasteiger partial charge in [-0.2, -0.15) is 0 Å². The predicted molar refractivity (Wildman–Crippen MR) is 151 cm³/mol. The smallest absolute Gasteiger partial charge is 0.0809 e. The second-order valence-electron chi connectivity index (χ2n) is 9.43. The van der Waals surface area contributed by atoms with E-state index in [0.29, 0.717) is 6.04 Å². The van der Waals surface area contributed by atoms with Gasteiger partial charge in [-0.15, -0.1) is 0 Å². The molecule has 0 amide bonds. The van der Waals surface area contributed by atoms with Gasteiger partial charge in [0.25, 0.3) is 0 Å². The number of halogens is 1. The summed E-state index contributed by atoms with van der Waals surface area (Å²) in [6.07, 6.45) is 6.48. The number of fused-ring (bicyclic) bond motifs is 2. The van der Waals surface area contributed by atoms with Crippen LogP contribution in [0.25, 0.3) is 0 Å². The van der Waals surface area contributed by atoms with Crippen LogP contribution in [0.2, 0.25) is 0 Å². The van der Waals surface area contributed by atoms with Crippen LogP contribution in [-0.4, -0.2) is 50.6 Å². The Morgan fingerprint density at radius 1 is 1.03 bits per heavy atom. The molecule has 2 fully saturated rings. The van der Waals surface area contributed by atoms with Crippen molar-refractivity contribution in [2.24, 2.45) is 4.99 Å². The topological polar surface area (TPSA) is 48.3 Å². The Morgan fingerprint density at radius 2 is 1.79 bits per heavy atom. The fourth-order valence-electron chi connectivity index (χ4n) is 5.55. The SMILES string of the molecule is CCc1cc(N2CCOCC2)cc2c1N=c1c(CC)cc(N3CCCCC3CCO)cc1=S2I. The highest BCUT2D eigenvalue weighted by atomic mass is 127. The number of morpholine rings is 1. The zero-order chi connectivity index (χ0) is 23.7. The Kier molecular flexibility index (Phi) is 7.83. The Labute approximate surface area is 217 Å². The van der Waals surface area contributed by atoms with E-state index in [1.54, 1.807) is 0 Å². The maximum atomic E-state index is 9.66. The van der Waals surface area contributed by atoms with E-state index in [9.17, 15) is 5.11 Å². The number of hydrogen-bond acceptors (Lipinski definition) is 5. The number of aliphatic hydroxyl groups excluding tert-OH is 1. The first-order chi connectivity index (χ1) is 16.6. The van der Waals surface area contributed by atoms with Gasteiger partial charge in [-0.25, -0.2) is 4.99 Å². The number of ether oxygens (including phenoxy) is 1. The molecule has 0 saturated carbocycles. The standard InChI is InChI=1S/C27H36IN3O2S/c1-3-19-15-22(30-10-13-33-14-11-30)17-24-26(19)29-27-20(4-2)16-23(18-25(27)34(24)28)31-9-6-5-7-21(31)8-12-32/h15-18,21,32H,3-14H2,1-2H3. The summed E-state index contributed by atoms with van der Waals surface area (Å²) in [6.45, 7) is 9.35. The Bertz CT molecular complexity index is 1180. The summed E-state index contributed by atoms with van der Waals surface area (Å²) in [7, 11) is -0.0660. The Morgan fingerprint density at radius 3 is 2.53 bits per heavy atom. The van der Waals surface area contributed by atoms with Crippen molar-refractivity contribution in [3.05, 3.63) is 45.3 Å². The molecule has 7 heteroatoms. The Balaban J connectivity index is 1.66. The second kappa shape index (κ2) is 10.8. The molecule has 3 heterocycles. The van der Waals surface area contributed by atoms with Crippen LogP contribution in [0.15, 0.2) is 34.2 Å². The fraction of sp³-hybridized carbons (Fsp3) is 0.556. The third-order valence-corrected chi connectivity index (χ3v) is 11.7. The van der Waals surface area contributed by atoms with E-state index in [4.69, 9.17) is 9.73 Å². The molecule has 0 spiro atoms. The summed E-state index contributed by atoms with van der Waals surface area (Å²) in [5, 5.41) is 10.9. The molecule has 34 heavy (non-hydrogen) atoms. The fourth-order valence-corrected chi connectivity index (χ4v) is 8.95. The van der Waals surface area contributed by atoms with Crippen molar-refractivity contribution in [1.29, 1.82) is 0 Å². The molecule has 2 saturated heterocycles. The second-order valence-corrected chi connectivity index (χ2v) is 13.5. The normalized spacial score (nSPS) is 22.2. The van der Waals surface area contributed by atoms with Crippen LogP contribution < -0.4 is 15.2 Å². The number of anilines is 2. The lowest BCUT2D eigenvalue weighted by Gasteiger charge is -2.38. The third-order valence-electron chi connectivity index (χ3n) is 7.45. The summed E-state index contributed by atoms with van der Waals surface area (Å²) in [6, 6.07) is 9.99. The van der Waals surface area contributed by atoms with E-state index in [2.05, 4.69) is 69.1 Å². The highest BCUT2D eigenvalue weighted by Crippen LogP contribution is 2.48. The summed E-state index contributed by atoms with van der Waals surface area (Å²) >= 11 is 2.67. The first-order valence-electron chi connectivity index (χ1n) is 12.8. The van der Waals surface area contributed by atoms with Crippen molar-refractivity contribution in [2.45, 2.75) is 63.3 Å². The molecule has 2 atom stereocenters. The molecule has 0 radical (unpaired) electrons. The van der Waals surface area contributed by atoms with Crippen LogP contribution in [-0.2, 0) is 17.6 Å². The van der Waals surface area contributed by atoms with Crippen molar-refractivity contribution in [1.82, 2.24) is 0 Å². The average molecular weight is 594 g/mol. The molecule has 0 bridgehead atoms. The van der Waals surface area contributed by atoms with Gasteiger partial charge in [0, 0.05) is 53.1 Å². The Hall–Kier alpha value is -1.16. The maximum Gasteiger partial charge on any atom is 0.0809 e. The number of piperidine rings is 1. The lowest BCUT2D eigenvalue weighted by molar-refractivity contribution is 0.122. The first-order valence-corrected chi connectivity index (χ1v) is 16.6. The van der Waals surface area contributed by atoms with E-state index in [0.717, 1.165) is 52.1 Å². The molecule has 5 nitrogen and oxygen atoms in total. The van der Waals surface area contributed by atoms with Crippen LogP contribution in [0.3, 0.4) is 0 Å². The van der Waals surface area contributed by atoms with Crippen LogP contribution in [0, 0.1) is 4.51 Å². The molecule has 2 unspecified atom stereocenters. The molecule has 184 valence electrons. The quantitative estimate of drug-likeness (QED) is 0.351. The summed E-state index contributed by atoms with van der Waals surface area (Å²) in [5.74, 6) is 0. The zero-order valence-corrected chi connectivity index (χ0v) is 23.3. The minimum Gasteiger partial charge on any atom is -0.396 e. The van der Waals surface area contributed by atoms with Crippen LogP contribution >= 0.6 is 28.9 Å². The molecular formula is C27H36IN3O2S. The van der Waals surface area contributed by atoms with Crippen molar-refractivity contribution in [3.8, 4) is 0 Å². The number of aryl methyl sites for hydroxylation is 2. The van der Waals surface area contributed by atoms with Gasteiger partial charge in [0.2, 0.25) is 0 Å². The van der Waals surface area contributed by atoms with E-state index >= 15 is 0 Å². The number of aliphatic hydroxyl groups is 1. The molecule has 2 aromatic rings. The van der Waals surface area contributed by atoms with E-state index in [-0.39, 0.29) is 14.3 Å². The maximum absolute atomic E-state index is 9.66. The van der Waals surface area contributed by atoms with Gasteiger partial charge in [-0.3, -0.25) is 0 Å². The monoisotopic (exact) mass is 593 g/mol. The largest absolute Gasteiger partial charge is 0.396 e. The van der Waals surface area contributed by atoms with Gasteiger partial charge in [0.05, 0.1) is 24.3 Å². The minimum absolute atomic E-state index is 0.0660. The van der Waals surface area contributed by atoms with E-state index in [1.807, 2.05) is 0 Å². The number of nitrogens with zero attached hydrogens (tertiary/aromatic N) is 3. The molecular weight excluding hydrogens is 557 g/mol. The summed E-state index contributed by atoms with van der Waals surface area (Å²) < 4.78 is 6.97. The average Bonchev–Trinajstić information content (AvgIpc) is 2.89. The first kappa shape index (κ1) is 24.5. The molecule has 2 aromatic carbocycles. The van der Waals surface area contributed by atoms with E-state index in [1.165, 1.54) is 62.2 Å². The van der Waals surface area contributed by atoms with Gasteiger partial charge in [-0.1, -0.05) is 21.5 Å². The number of rotatable bonds is 6.